The highest BCUT2D eigenvalue weighted by atomic mass is 16.7. The van der Waals surface area contributed by atoms with Crippen LogP contribution in [0.1, 0.15) is 46.4 Å². The Morgan fingerprint density at radius 3 is 2.02 bits per heavy atom. The van der Waals surface area contributed by atoms with Gasteiger partial charge in [0.15, 0.2) is 23.0 Å². The summed E-state index contributed by atoms with van der Waals surface area (Å²) in [6, 6.07) is 7.79. The van der Waals surface area contributed by atoms with Gasteiger partial charge in [-0.15, -0.1) is 0 Å². The van der Waals surface area contributed by atoms with Crippen molar-refractivity contribution in [1.82, 2.24) is 26.3 Å². The van der Waals surface area contributed by atoms with Crippen molar-refractivity contribution in [2.24, 2.45) is 0 Å². The lowest BCUT2D eigenvalue weighted by molar-refractivity contribution is -0.184. The third kappa shape index (κ3) is 9.00. The van der Waals surface area contributed by atoms with Gasteiger partial charge in [0, 0.05) is 13.1 Å². The number of nitrogens with one attached hydrogen (secondary N) is 4. The number of piperidine rings is 1. The smallest absolute Gasteiger partial charge is 0.268 e. The molecule has 1 aliphatic rings. The molecule has 0 spiro atoms. The molecule has 2 aromatic carbocycles. The van der Waals surface area contributed by atoms with Crippen molar-refractivity contribution in [3.63, 3.8) is 0 Å². The Morgan fingerprint density at radius 2 is 1.46 bits per heavy atom. The number of hydrogen-bond acceptors (Lipinski definition) is 10. The third-order valence-corrected chi connectivity index (χ3v) is 7.25. The SMILES string of the molecule is COc1cccc(C(=O)NCCCC(NC(=O)c2cccc(OC)c2OC)C(=O)NCC(=O)NC2CCCN(OC)C2=O)c1OC. The Bertz CT molecular complexity index is 1400. The van der Waals surface area contributed by atoms with Crippen molar-refractivity contribution >= 4 is 29.5 Å². The lowest BCUT2D eigenvalue weighted by Gasteiger charge is -2.30. The molecule has 1 fully saturated rings. The summed E-state index contributed by atoms with van der Waals surface area (Å²) in [5.74, 6) is -1.43. The van der Waals surface area contributed by atoms with Crippen molar-refractivity contribution in [2.75, 3.05) is 55.2 Å². The number of rotatable bonds is 16. The number of benzene rings is 2. The molecule has 15 heteroatoms. The zero-order chi connectivity index (χ0) is 33.6. The second-order valence-corrected chi connectivity index (χ2v) is 10.1. The van der Waals surface area contributed by atoms with Gasteiger partial charge in [0.25, 0.3) is 17.7 Å². The Labute approximate surface area is 267 Å². The van der Waals surface area contributed by atoms with E-state index < -0.39 is 42.3 Å². The van der Waals surface area contributed by atoms with E-state index in [9.17, 15) is 24.0 Å². The molecular formula is C31H41N5O10. The first-order valence-electron chi connectivity index (χ1n) is 14.6. The molecular weight excluding hydrogens is 602 g/mol. The van der Waals surface area contributed by atoms with Gasteiger partial charge in [-0.1, -0.05) is 12.1 Å². The van der Waals surface area contributed by atoms with E-state index >= 15 is 0 Å². The molecule has 3 rings (SSSR count). The van der Waals surface area contributed by atoms with E-state index in [1.807, 2.05) is 0 Å². The summed E-state index contributed by atoms with van der Waals surface area (Å²) in [4.78, 5) is 69.5. The van der Waals surface area contributed by atoms with Gasteiger partial charge in [0.2, 0.25) is 11.8 Å². The lowest BCUT2D eigenvalue weighted by Crippen LogP contribution is -2.54. The number of para-hydroxylation sites is 2. The Balaban J connectivity index is 1.67. The summed E-state index contributed by atoms with van der Waals surface area (Å²) in [6.45, 7) is 0.143. The van der Waals surface area contributed by atoms with E-state index in [0.29, 0.717) is 30.9 Å². The summed E-state index contributed by atoms with van der Waals surface area (Å²) < 4.78 is 21.2. The molecule has 2 aromatic rings. The monoisotopic (exact) mass is 643 g/mol. The number of carbonyl (C=O) groups excluding carboxylic acids is 5. The molecule has 0 aliphatic carbocycles. The fourth-order valence-corrected chi connectivity index (χ4v) is 4.94. The minimum absolute atomic E-state index is 0.102. The molecule has 15 nitrogen and oxygen atoms in total. The van der Waals surface area contributed by atoms with Crippen LogP contribution in [0, 0.1) is 0 Å². The highest BCUT2D eigenvalue weighted by Gasteiger charge is 2.31. The number of carbonyl (C=O) groups is 5. The van der Waals surface area contributed by atoms with Gasteiger partial charge in [-0.05, 0) is 49.9 Å². The molecule has 2 unspecified atom stereocenters. The van der Waals surface area contributed by atoms with Crippen LogP contribution in [-0.4, -0.2) is 102 Å². The van der Waals surface area contributed by atoms with Gasteiger partial charge >= 0.3 is 0 Å². The zero-order valence-electron chi connectivity index (χ0n) is 26.6. The van der Waals surface area contributed by atoms with Crippen LogP contribution in [0.25, 0.3) is 0 Å². The molecule has 0 radical (unpaired) electrons. The van der Waals surface area contributed by atoms with Crippen molar-refractivity contribution in [1.29, 1.82) is 0 Å². The standard InChI is InChI=1S/C31H41N5O10/c1-42-23-14-6-10-19(26(23)44-3)28(38)32-16-8-12-21(35-29(39)20-11-7-15-24(43-2)27(20)45-4)30(40)33-18-25(37)34-22-13-9-17-36(46-5)31(22)41/h6-7,10-11,14-15,21-22H,8-9,12-13,16-18H2,1-5H3,(H,32,38)(H,33,40)(H,34,37)(H,35,39). The predicted octanol–water partition coefficient (Wildman–Crippen LogP) is 0.814. The molecule has 1 heterocycles. The maximum atomic E-state index is 13.3. The number of hydrogen-bond donors (Lipinski definition) is 4. The molecule has 0 aromatic heterocycles. The predicted molar refractivity (Wildman–Crippen MR) is 165 cm³/mol. The van der Waals surface area contributed by atoms with E-state index in [-0.39, 0.29) is 47.9 Å². The van der Waals surface area contributed by atoms with Crippen molar-refractivity contribution in [2.45, 2.75) is 37.8 Å². The van der Waals surface area contributed by atoms with Crippen LogP contribution in [-0.2, 0) is 19.2 Å². The van der Waals surface area contributed by atoms with E-state index in [1.165, 1.54) is 46.7 Å². The van der Waals surface area contributed by atoms with E-state index in [2.05, 4.69) is 21.3 Å². The largest absolute Gasteiger partial charge is 0.493 e. The van der Waals surface area contributed by atoms with E-state index in [1.54, 1.807) is 30.3 Å². The molecule has 1 saturated heterocycles. The van der Waals surface area contributed by atoms with Gasteiger partial charge in [0.05, 0.1) is 53.2 Å². The molecule has 46 heavy (non-hydrogen) atoms. The lowest BCUT2D eigenvalue weighted by atomic mass is 10.1. The van der Waals surface area contributed by atoms with Crippen molar-refractivity contribution in [3.8, 4) is 23.0 Å². The van der Waals surface area contributed by atoms with Gasteiger partial charge in [-0.3, -0.25) is 28.8 Å². The average molecular weight is 644 g/mol. The van der Waals surface area contributed by atoms with Crippen molar-refractivity contribution < 1.29 is 47.8 Å². The molecule has 4 N–H and O–H groups in total. The third-order valence-electron chi connectivity index (χ3n) is 7.25. The fourth-order valence-electron chi connectivity index (χ4n) is 4.94. The van der Waals surface area contributed by atoms with Crippen LogP contribution in [0.2, 0.25) is 0 Å². The minimum atomic E-state index is -1.10. The summed E-state index contributed by atoms with van der Waals surface area (Å²) in [5.41, 5.74) is 0.403. The molecule has 5 amide bonds. The summed E-state index contributed by atoms with van der Waals surface area (Å²) in [6.07, 6.45) is 1.46. The molecule has 1 aliphatic heterocycles. The normalized spacial score (nSPS) is 14.8. The number of nitrogens with zero attached hydrogens (tertiary/aromatic N) is 1. The maximum absolute atomic E-state index is 13.3. The van der Waals surface area contributed by atoms with Gasteiger partial charge in [0.1, 0.15) is 12.1 Å². The topological polar surface area (TPSA) is 183 Å². The molecule has 0 bridgehead atoms. The summed E-state index contributed by atoms with van der Waals surface area (Å²) in [7, 11) is 7.09. The Hall–Kier alpha value is -5.05. The van der Waals surface area contributed by atoms with Gasteiger partial charge < -0.3 is 40.2 Å². The second kappa shape index (κ2) is 17.4. The van der Waals surface area contributed by atoms with Gasteiger partial charge in [-0.2, -0.15) is 0 Å². The van der Waals surface area contributed by atoms with Gasteiger partial charge in [-0.25, -0.2) is 5.06 Å². The molecule has 2 atom stereocenters. The minimum Gasteiger partial charge on any atom is -0.493 e. The van der Waals surface area contributed by atoms with Crippen molar-refractivity contribution in [3.05, 3.63) is 47.5 Å². The first-order chi connectivity index (χ1) is 22.2. The van der Waals surface area contributed by atoms with Crippen LogP contribution >= 0.6 is 0 Å². The first-order valence-corrected chi connectivity index (χ1v) is 14.6. The Kier molecular flexibility index (Phi) is 13.4. The fraction of sp³-hybridized carbons (Fsp3) is 0.452. The van der Waals surface area contributed by atoms with E-state index in [0.717, 1.165) is 0 Å². The average Bonchev–Trinajstić information content (AvgIpc) is 3.08. The highest BCUT2D eigenvalue weighted by Crippen LogP contribution is 2.31. The zero-order valence-corrected chi connectivity index (χ0v) is 26.6. The van der Waals surface area contributed by atoms with E-state index in [4.69, 9.17) is 23.8 Å². The highest BCUT2D eigenvalue weighted by molar-refractivity contribution is 6.01. The number of hydroxylamine groups is 2. The second-order valence-electron chi connectivity index (χ2n) is 10.1. The van der Waals surface area contributed by atoms with Crippen LogP contribution in [0.3, 0.4) is 0 Å². The van der Waals surface area contributed by atoms with Crippen LogP contribution in [0.5, 0.6) is 23.0 Å². The first kappa shape index (κ1) is 35.4. The summed E-state index contributed by atoms with van der Waals surface area (Å²) >= 11 is 0. The molecule has 0 saturated carbocycles. The quantitative estimate of drug-likeness (QED) is 0.191. The Morgan fingerprint density at radius 1 is 0.848 bits per heavy atom. The van der Waals surface area contributed by atoms with Crippen LogP contribution in [0.4, 0.5) is 0 Å². The maximum Gasteiger partial charge on any atom is 0.268 e. The number of methoxy groups -OCH3 is 4. The number of amides is 5. The number of ether oxygens (including phenoxy) is 4. The summed E-state index contributed by atoms with van der Waals surface area (Å²) in [5, 5.41) is 11.8. The molecule has 250 valence electrons. The van der Waals surface area contributed by atoms with Crippen LogP contribution in [0.15, 0.2) is 36.4 Å². The van der Waals surface area contributed by atoms with Crippen LogP contribution < -0.4 is 40.2 Å².